The summed E-state index contributed by atoms with van der Waals surface area (Å²) in [6.07, 6.45) is 0. The summed E-state index contributed by atoms with van der Waals surface area (Å²) in [4.78, 5) is 32.0. The van der Waals surface area contributed by atoms with E-state index < -0.39 is 17.9 Å². The van der Waals surface area contributed by atoms with Crippen molar-refractivity contribution in [1.82, 2.24) is 15.0 Å². The van der Waals surface area contributed by atoms with Crippen LogP contribution in [0.3, 0.4) is 0 Å². The van der Waals surface area contributed by atoms with E-state index in [4.69, 9.17) is 20.3 Å². The van der Waals surface area contributed by atoms with Crippen LogP contribution in [0.2, 0.25) is 0 Å². The Hall–Kier alpha value is -5.63. The third kappa shape index (κ3) is 5.11. The number of aryl methyl sites for hydroxylation is 1. The summed E-state index contributed by atoms with van der Waals surface area (Å²) in [6, 6.07) is 22.6. The monoisotopic (exact) mass is 591 g/mol. The van der Waals surface area contributed by atoms with Crippen molar-refractivity contribution in [3.05, 3.63) is 101 Å². The molecule has 1 atom stereocenters. The molecule has 1 unspecified atom stereocenters. The van der Waals surface area contributed by atoms with Gasteiger partial charge in [-0.1, -0.05) is 30.3 Å². The van der Waals surface area contributed by atoms with E-state index in [9.17, 15) is 14.9 Å². The lowest BCUT2D eigenvalue weighted by Gasteiger charge is -2.36. The zero-order valence-corrected chi connectivity index (χ0v) is 25.2. The second-order valence-corrected chi connectivity index (χ2v) is 10.1. The zero-order chi connectivity index (χ0) is 31.5. The van der Waals surface area contributed by atoms with Gasteiger partial charge in [0.2, 0.25) is 0 Å². The maximum atomic E-state index is 13.5. The van der Waals surface area contributed by atoms with Crippen LogP contribution in [-0.2, 0) is 19.1 Å². The van der Waals surface area contributed by atoms with Crippen molar-refractivity contribution >= 4 is 34.3 Å². The van der Waals surface area contributed by atoms with Gasteiger partial charge in [-0.05, 0) is 68.3 Å². The number of esters is 2. The van der Waals surface area contributed by atoms with E-state index in [0.29, 0.717) is 27.8 Å². The smallest absolute Gasteiger partial charge is 0.355 e. The number of carbonyl (C=O) groups is 2. The van der Waals surface area contributed by atoms with Gasteiger partial charge in [0.25, 0.3) is 0 Å². The Labute approximate surface area is 255 Å². The van der Waals surface area contributed by atoms with E-state index in [1.165, 1.54) is 19.1 Å². The normalized spacial score (nSPS) is 14.9. The fourth-order valence-electron chi connectivity index (χ4n) is 5.56. The minimum Gasteiger partial charge on any atom is -0.466 e. The Balaban J connectivity index is 1.69. The first-order valence-corrected chi connectivity index (χ1v) is 14.2. The average Bonchev–Trinajstić information content (AvgIpc) is 3.47. The van der Waals surface area contributed by atoms with Crippen molar-refractivity contribution < 1.29 is 19.1 Å². The SMILES string of the molecule is CCN(CC)c1ccc(-n2nc3cc(C)c(N4C(N)=C(C#N)C(c5ccccc5)C(C(=O)OC)=C4C(=O)OC)cc3n2)cc1. The molecule has 0 aliphatic carbocycles. The van der Waals surface area contributed by atoms with Crippen LogP contribution in [0.25, 0.3) is 16.7 Å². The number of ether oxygens (including phenoxy) is 2. The predicted octanol–water partition coefficient (Wildman–Crippen LogP) is 4.47. The predicted molar refractivity (Wildman–Crippen MR) is 167 cm³/mol. The summed E-state index contributed by atoms with van der Waals surface area (Å²) in [6.45, 7) is 7.84. The fourth-order valence-corrected chi connectivity index (χ4v) is 5.56. The van der Waals surface area contributed by atoms with Gasteiger partial charge in [-0.25, -0.2) is 9.59 Å². The Bertz CT molecular complexity index is 1830. The number of nitrogens with two attached hydrogens (primary N) is 1. The van der Waals surface area contributed by atoms with E-state index in [2.05, 4.69) is 29.9 Å². The van der Waals surface area contributed by atoms with E-state index >= 15 is 0 Å². The summed E-state index contributed by atoms with van der Waals surface area (Å²) >= 11 is 0. The van der Waals surface area contributed by atoms with Crippen molar-refractivity contribution in [2.45, 2.75) is 26.7 Å². The molecule has 0 saturated carbocycles. The highest BCUT2D eigenvalue weighted by Crippen LogP contribution is 2.44. The number of fused-ring (bicyclic) bond motifs is 1. The molecule has 3 aromatic carbocycles. The lowest BCUT2D eigenvalue weighted by atomic mass is 9.80. The van der Waals surface area contributed by atoms with E-state index in [1.807, 2.05) is 43.3 Å². The highest BCUT2D eigenvalue weighted by Gasteiger charge is 2.43. The molecule has 2 N–H and O–H groups in total. The molecule has 1 aliphatic rings. The molecule has 1 aromatic heterocycles. The van der Waals surface area contributed by atoms with Gasteiger partial charge in [-0.2, -0.15) is 10.1 Å². The van der Waals surface area contributed by atoms with Gasteiger partial charge in [0.1, 0.15) is 22.6 Å². The van der Waals surface area contributed by atoms with E-state index in [1.54, 1.807) is 35.1 Å². The van der Waals surface area contributed by atoms with Gasteiger partial charge in [0.15, 0.2) is 0 Å². The summed E-state index contributed by atoms with van der Waals surface area (Å²) < 4.78 is 10.3. The molecule has 11 nitrogen and oxygen atoms in total. The third-order valence-electron chi connectivity index (χ3n) is 7.76. The highest BCUT2D eigenvalue weighted by molar-refractivity contribution is 6.07. The maximum Gasteiger partial charge on any atom is 0.355 e. The number of nitriles is 1. The van der Waals surface area contributed by atoms with Crippen molar-refractivity contribution in [2.24, 2.45) is 5.73 Å². The molecule has 44 heavy (non-hydrogen) atoms. The second-order valence-electron chi connectivity index (χ2n) is 10.1. The first kappa shape index (κ1) is 29.8. The number of hydrogen-bond donors (Lipinski definition) is 1. The Morgan fingerprint density at radius 2 is 1.57 bits per heavy atom. The van der Waals surface area contributed by atoms with Crippen LogP contribution in [0, 0.1) is 18.3 Å². The molecule has 0 spiro atoms. The molecule has 11 heteroatoms. The largest absolute Gasteiger partial charge is 0.466 e. The molecule has 0 bridgehead atoms. The number of nitrogens with zero attached hydrogens (tertiary/aromatic N) is 6. The Morgan fingerprint density at radius 3 is 2.14 bits per heavy atom. The molecule has 1 aliphatic heterocycles. The molecule has 4 aromatic rings. The fraction of sp³-hybridized carbons (Fsp3) is 0.242. The molecule has 224 valence electrons. The van der Waals surface area contributed by atoms with Crippen LogP contribution in [0.15, 0.2) is 89.4 Å². The highest BCUT2D eigenvalue weighted by atomic mass is 16.5. The molecule has 0 saturated heterocycles. The number of hydrogen-bond acceptors (Lipinski definition) is 10. The quantitative estimate of drug-likeness (QED) is 0.292. The number of aromatic nitrogens is 3. The van der Waals surface area contributed by atoms with Gasteiger partial charge in [0.05, 0.1) is 48.7 Å². The minimum absolute atomic E-state index is 0.0174. The van der Waals surface area contributed by atoms with Gasteiger partial charge < -0.3 is 20.1 Å². The number of carbonyl (C=O) groups excluding carboxylic acids is 2. The number of benzene rings is 3. The lowest BCUT2D eigenvalue weighted by Crippen LogP contribution is -2.41. The first-order valence-electron chi connectivity index (χ1n) is 14.2. The summed E-state index contributed by atoms with van der Waals surface area (Å²) in [5, 5.41) is 19.7. The molecular weight excluding hydrogens is 558 g/mol. The van der Waals surface area contributed by atoms with Gasteiger partial charge >= 0.3 is 11.9 Å². The molecule has 0 amide bonds. The third-order valence-corrected chi connectivity index (χ3v) is 7.76. The van der Waals surface area contributed by atoms with Crippen molar-refractivity contribution in [1.29, 1.82) is 5.26 Å². The van der Waals surface area contributed by atoms with Crippen LogP contribution in [-0.4, -0.2) is 54.2 Å². The Kier molecular flexibility index (Phi) is 8.35. The van der Waals surface area contributed by atoms with E-state index in [0.717, 1.165) is 24.5 Å². The van der Waals surface area contributed by atoms with Crippen LogP contribution in [0.5, 0.6) is 0 Å². The number of allylic oxidation sites excluding steroid dienone is 1. The van der Waals surface area contributed by atoms with Gasteiger partial charge in [-0.15, -0.1) is 10.2 Å². The van der Waals surface area contributed by atoms with Crippen LogP contribution in [0.4, 0.5) is 11.4 Å². The average molecular weight is 592 g/mol. The summed E-state index contributed by atoms with van der Waals surface area (Å²) in [7, 11) is 2.43. The van der Waals surface area contributed by atoms with Crippen LogP contribution in [0.1, 0.15) is 30.9 Å². The van der Waals surface area contributed by atoms with E-state index in [-0.39, 0.29) is 22.7 Å². The van der Waals surface area contributed by atoms with Crippen LogP contribution >= 0.6 is 0 Å². The summed E-state index contributed by atoms with van der Waals surface area (Å²) in [5.41, 5.74) is 11.3. The minimum atomic E-state index is -0.955. The molecule has 0 radical (unpaired) electrons. The maximum absolute atomic E-state index is 13.5. The molecule has 2 heterocycles. The number of anilines is 2. The summed E-state index contributed by atoms with van der Waals surface area (Å²) in [5.74, 6) is -2.58. The lowest BCUT2D eigenvalue weighted by molar-refractivity contribution is -0.139. The first-order chi connectivity index (χ1) is 21.3. The Morgan fingerprint density at radius 1 is 0.955 bits per heavy atom. The zero-order valence-electron chi connectivity index (χ0n) is 25.2. The van der Waals surface area contributed by atoms with Crippen LogP contribution < -0.4 is 15.5 Å². The van der Waals surface area contributed by atoms with Crippen molar-refractivity contribution in [2.75, 3.05) is 37.1 Å². The van der Waals surface area contributed by atoms with Crippen molar-refractivity contribution in [3.63, 3.8) is 0 Å². The number of methoxy groups -OCH3 is 2. The topological polar surface area (TPSA) is 140 Å². The molecular formula is C33H33N7O4. The standard InChI is InChI=1S/C33H33N7O4/c1-6-38(7-2)22-13-15-23(16-14-22)40-36-25-17-20(3)27(18-26(25)37-40)39-30(33(42)44-5)29(32(41)43-4)28(24(19-34)31(39)35)21-11-9-8-10-12-21/h8-18,28H,6-7,35H2,1-5H3. The van der Waals surface area contributed by atoms with Crippen molar-refractivity contribution in [3.8, 4) is 11.8 Å². The molecule has 0 fully saturated rings. The van der Waals surface area contributed by atoms with Gasteiger partial charge in [0, 0.05) is 18.8 Å². The second kappa shape index (κ2) is 12.3. The van der Waals surface area contributed by atoms with Gasteiger partial charge in [-0.3, -0.25) is 4.90 Å². The molecule has 5 rings (SSSR count). The number of rotatable bonds is 8.